The van der Waals surface area contributed by atoms with Crippen LogP contribution in [0.15, 0.2) is 110 Å². The number of pyridine rings is 2. The van der Waals surface area contributed by atoms with Gasteiger partial charge in [0.1, 0.15) is 0 Å². The van der Waals surface area contributed by atoms with E-state index in [2.05, 4.69) is 48.2 Å². The molecule has 0 unspecified atom stereocenters. The highest BCUT2D eigenvalue weighted by atomic mass is 16.5. The Hall–Kier alpha value is -7.83. The number of methoxy groups -OCH3 is 4. The largest absolute Gasteiger partial charge is 0.493 e. The predicted octanol–water partition coefficient (Wildman–Crippen LogP) is 9.13. The zero-order valence-corrected chi connectivity index (χ0v) is 30.4. The summed E-state index contributed by atoms with van der Waals surface area (Å²) in [5, 5.41) is 23.7. The standard InChI is InChI=1S/C25H21N3O3.C18H14N4O2/c1-29-23-11-18(12-24(30-2)25(23)31-3)17-6-7-22-20(10-17)21(15-28-22)19(13-26)9-16-5-4-8-27-14-16;1-24-18(23)22-14-4-5-17-15(8-14)16(11-21-17)13(9-19)7-12-3-2-6-20-10-12/h4-12,14-15,28H,1-3H3;2-8,10-11,21H,1H3,(H,22,23)/b19-9+;13-7+. The average molecular weight is 730 g/mol. The molecule has 4 aromatic heterocycles. The molecule has 4 heterocycles. The van der Waals surface area contributed by atoms with Crippen molar-refractivity contribution in [2.75, 3.05) is 33.8 Å². The number of nitrogens with one attached hydrogen (secondary N) is 3. The summed E-state index contributed by atoms with van der Waals surface area (Å²) in [6.07, 6.45) is 13.5. The average Bonchev–Trinajstić information content (AvgIpc) is 3.86. The first-order chi connectivity index (χ1) is 26.9. The molecule has 3 aromatic carbocycles. The minimum atomic E-state index is -0.544. The molecule has 0 aliphatic carbocycles. The first-order valence-corrected chi connectivity index (χ1v) is 16.8. The fourth-order valence-electron chi connectivity index (χ4n) is 5.96. The number of hydrogen-bond acceptors (Lipinski definition) is 9. The van der Waals surface area contributed by atoms with Gasteiger partial charge in [0, 0.05) is 75.8 Å². The molecule has 272 valence electrons. The number of aromatic amines is 2. The van der Waals surface area contributed by atoms with Gasteiger partial charge in [-0.3, -0.25) is 15.3 Å². The molecule has 0 fully saturated rings. The summed E-state index contributed by atoms with van der Waals surface area (Å²) in [5.41, 5.74) is 8.64. The number of allylic oxidation sites excluding steroid dienone is 2. The quantitative estimate of drug-likeness (QED) is 0.123. The van der Waals surface area contributed by atoms with Gasteiger partial charge in [-0.05, 0) is 89.0 Å². The van der Waals surface area contributed by atoms with E-state index in [0.29, 0.717) is 34.1 Å². The van der Waals surface area contributed by atoms with E-state index in [1.807, 2.05) is 66.9 Å². The smallest absolute Gasteiger partial charge is 0.411 e. The Morgan fingerprint density at radius 1 is 0.691 bits per heavy atom. The van der Waals surface area contributed by atoms with Gasteiger partial charge < -0.3 is 28.9 Å². The SMILES string of the molecule is COC(=O)Nc1ccc2[nH]cc(/C(C#N)=C/c3cccnc3)c2c1.COc1cc(-c2ccc3[nH]cc(/C(C#N)=C/c4cccnc4)c3c2)cc(OC)c1OC. The maximum atomic E-state index is 11.4. The van der Waals surface area contributed by atoms with E-state index in [4.69, 9.17) is 14.2 Å². The van der Waals surface area contributed by atoms with Crippen LogP contribution in [0.3, 0.4) is 0 Å². The van der Waals surface area contributed by atoms with Crippen molar-refractivity contribution in [1.29, 1.82) is 10.5 Å². The number of rotatable bonds is 9. The number of carbonyl (C=O) groups excluding carboxylic acids is 1. The number of benzene rings is 3. The van der Waals surface area contributed by atoms with Crippen molar-refractivity contribution in [3.05, 3.63) is 132 Å². The summed E-state index contributed by atoms with van der Waals surface area (Å²) in [6.45, 7) is 0. The third kappa shape index (κ3) is 8.30. The van der Waals surface area contributed by atoms with Crippen LogP contribution in [0, 0.1) is 22.7 Å². The topological polar surface area (TPSA) is 171 Å². The molecule has 3 N–H and O–H groups in total. The Labute approximate surface area is 316 Å². The predicted molar refractivity (Wildman–Crippen MR) is 213 cm³/mol. The minimum Gasteiger partial charge on any atom is -0.493 e. The summed E-state index contributed by atoms with van der Waals surface area (Å²) in [6, 6.07) is 27.3. The molecule has 0 saturated heterocycles. The lowest BCUT2D eigenvalue weighted by atomic mass is 9.99. The third-order valence-corrected chi connectivity index (χ3v) is 8.61. The van der Waals surface area contributed by atoms with Gasteiger partial charge in [0.05, 0.1) is 51.7 Å². The Kier molecular flexibility index (Phi) is 11.5. The number of ether oxygens (including phenoxy) is 4. The molecule has 7 aromatic rings. The van der Waals surface area contributed by atoms with Crippen LogP contribution < -0.4 is 19.5 Å². The van der Waals surface area contributed by atoms with E-state index in [9.17, 15) is 15.3 Å². The minimum absolute atomic E-state index is 0.504. The molecule has 12 heteroatoms. The van der Waals surface area contributed by atoms with Crippen molar-refractivity contribution in [3.63, 3.8) is 0 Å². The second kappa shape index (κ2) is 17.1. The Bertz CT molecular complexity index is 2590. The monoisotopic (exact) mass is 729 g/mol. The first kappa shape index (κ1) is 36.9. The highest BCUT2D eigenvalue weighted by Gasteiger charge is 2.16. The summed E-state index contributed by atoms with van der Waals surface area (Å²) >= 11 is 0. The number of amides is 1. The zero-order valence-electron chi connectivity index (χ0n) is 30.4. The maximum Gasteiger partial charge on any atom is 0.411 e. The van der Waals surface area contributed by atoms with Gasteiger partial charge in [-0.25, -0.2) is 4.79 Å². The van der Waals surface area contributed by atoms with E-state index in [-0.39, 0.29) is 0 Å². The van der Waals surface area contributed by atoms with E-state index in [1.54, 1.807) is 70.5 Å². The second-order valence-corrected chi connectivity index (χ2v) is 11.9. The normalized spacial score (nSPS) is 11.2. The molecule has 12 nitrogen and oxygen atoms in total. The number of nitrogens with zero attached hydrogens (tertiary/aromatic N) is 4. The lowest BCUT2D eigenvalue weighted by Crippen LogP contribution is -2.10. The van der Waals surface area contributed by atoms with Gasteiger partial charge in [0.15, 0.2) is 11.5 Å². The molecule has 0 radical (unpaired) electrons. The van der Waals surface area contributed by atoms with Crippen molar-refractivity contribution in [1.82, 2.24) is 19.9 Å². The lowest BCUT2D eigenvalue weighted by Gasteiger charge is -2.14. The number of anilines is 1. The van der Waals surface area contributed by atoms with Gasteiger partial charge in [-0.15, -0.1) is 0 Å². The fourth-order valence-corrected chi connectivity index (χ4v) is 5.96. The van der Waals surface area contributed by atoms with E-state index in [0.717, 1.165) is 55.2 Å². The molecule has 0 saturated carbocycles. The maximum absolute atomic E-state index is 11.4. The number of H-pyrrole nitrogens is 2. The molecule has 0 bridgehead atoms. The Morgan fingerprint density at radius 3 is 1.71 bits per heavy atom. The van der Waals surface area contributed by atoms with Crippen LogP contribution >= 0.6 is 0 Å². The number of hydrogen-bond donors (Lipinski definition) is 3. The van der Waals surface area contributed by atoms with Crippen molar-refractivity contribution in [3.8, 4) is 40.5 Å². The molecule has 0 atom stereocenters. The van der Waals surface area contributed by atoms with Crippen LogP contribution in [0.5, 0.6) is 17.2 Å². The van der Waals surface area contributed by atoms with Crippen molar-refractivity contribution in [2.24, 2.45) is 0 Å². The van der Waals surface area contributed by atoms with Gasteiger partial charge in [0.2, 0.25) is 5.75 Å². The second-order valence-electron chi connectivity index (χ2n) is 11.9. The van der Waals surface area contributed by atoms with Gasteiger partial charge in [-0.2, -0.15) is 10.5 Å². The van der Waals surface area contributed by atoms with Crippen LogP contribution in [0.1, 0.15) is 22.3 Å². The molecular formula is C43H35N7O5. The summed E-state index contributed by atoms with van der Waals surface area (Å²) in [7, 11) is 6.07. The van der Waals surface area contributed by atoms with Crippen molar-refractivity contribution < 1.29 is 23.7 Å². The zero-order chi connectivity index (χ0) is 38.7. The Balaban J connectivity index is 0.000000193. The third-order valence-electron chi connectivity index (χ3n) is 8.61. The first-order valence-electron chi connectivity index (χ1n) is 16.8. The lowest BCUT2D eigenvalue weighted by molar-refractivity contribution is 0.187. The highest BCUT2D eigenvalue weighted by Crippen LogP contribution is 2.42. The van der Waals surface area contributed by atoms with Crippen LogP contribution in [0.25, 0.3) is 56.2 Å². The number of aromatic nitrogens is 4. The van der Waals surface area contributed by atoms with E-state index in [1.165, 1.54) is 7.11 Å². The van der Waals surface area contributed by atoms with Crippen molar-refractivity contribution >= 4 is 56.9 Å². The molecular weight excluding hydrogens is 695 g/mol. The molecule has 1 amide bonds. The molecule has 7 rings (SSSR count). The number of fused-ring (bicyclic) bond motifs is 2. The van der Waals surface area contributed by atoms with Gasteiger partial charge in [-0.1, -0.05) is 18.2 Å². The summed E-state index contributed by atoms with van der Waals surface area (Å²) < 4.78 is 21.0. The molecule has 0 aliphatic rings. The van der Waals surface area contributed by atoms with Gasteiger partial charge >= 0.3 is 6.09 Å². The fraction of sp³-hybridized carbons (Fsp3) is 0.0930. The van der Waals surface area contributed by atoms with Crippen LogP contribution in [-0.2, 0) is 4.74 Å². The van der Waals surface area contributed by atoms with Crippen LogP contribution in [0.2, 0.25) is 0 Å². The van der Waals surface area contributed by atoms with Gasteiger partial charge in [0.25, 0.3) is 0 Å². The number of nitriles is 2. The van der Waals surface area contributed by atoms with E-state index >= 15 is 0 Å². The van der Waals surface area contributed by atoms with Crippen LogP contribution in [-0.4, -0.2) is 54.5 Å². The number of carbonyl (C=O) groups is 1. The van der Waals surface area contributed by atoms with E-state index < -0.39 is 6.09 Å². The van der Waals surface area contributed by atoms with Crippen molar-refractivity contribution in [2.45, 2.75) is 0 Å². The molecule has 55 heavy (non-hydrogen) atoms. The molecule has 0 aliphatic heterocycles. The Morgan fingerprint density at radius 2 is 1.24 bits per heavy atom. The summed E-state index contributed by atoms with van der Waals surface area (Å²) in [4.78, 5) is 25.9. The van der Waals surface area contributed by atoms with Crippen LogP contribution in [0.4, 0.5) is 10.5 Å². The highest BCUT2D eigenvalue weighted by molar-refractivity contribution is 6.04. The summed E-state index contributed by atoms with van der Waals surface area (Å²) in [5.74, 6) is 1.71. The molecule has 0 spiro atoms.